The van der Waals surface area contributed by atoms with Crippen molar-refractivity contribution in [3.63, 3.8) is 0 Å². The van der Waals surface area contributed by atoms with Crippen LogP contribution in [0, 0.1) is 0 Å². The van der Waals surface area contributed by atoms with Crippen molar-refractivity contribution in [2.45, 2.75) is 96.1 Å². The lowest BCUT2D eigenvalue weighted by atomic mass is 9.46. The van der Waals surface area contributed by atoms with Crippen LogP contribution in [0.25, 0.3) is 0 Å². The lowest BCUT2D eigenvalue weighted by Gasteiger charge is -2.24. The summed E-state index contributed by atoms with van der Waals surface area (Å²) in [4.78, 5) is 0. The van der Waals surface area contributed by atoms with E-state index in [4.69, 9.17) is 0 Å². The molecule has 1 fully saturated rings. The fourth-order valence-corrected chi connectivity index (χ4v) is 2.89. The van der Waals surface area contributed by atoms with E-state index in [1.54, 1.807) is 0 Å². The van der Waals surface area contributed by atoms with Crippen molar-refractivity contribution in [1.82, 2.24) is 0 Å². The van der Waals surface area contributed by atoms with Gasteiger partial charge in [-0.1, -0.05) is 96.1 Å². The molecular formula is C15H30B. The van der Waals surface area contributed by atoms with Gasteiger partial charge >= 0.3 is 0 Å². The maximum Gasteiger partial charge on any atom is 0.120 e. The summed E-state index contributed by atoms with van der Waals surface area (Å²) >= 11 is 0. The summed E-state index contributed by atoms with van der Waals surface area (Å²) in [5.41, 5.74) is 0. The van der Waals surface area contributed by atoms with Crippen LogP contribution in [-0.2, 0) is 0 Å². The lowest BCUT2D eigenvalue weighted by molar-refractivity contribution is 0.566. The van der Waals surface area contributed by atoms with Gasteiger partial charge in [-0.3, -0.25) is 0 Å². The molecule has 0 atom stereocenters. The fourth-order valence-electron chi connectivity index (χ4n) is 2.89. The maximum atomic E-state index is 2.62. The van der Waals surface area contributed by atoms with Gasteiger partial charge in [0.2, 0.25) is 0 Å². The second-order valence-corrected chi connectivity index (χ2v) is 6.70. The molecule has 1 heteroatoms. The third-order valence-corrected chi connectivity index (χ3v) is 3.64. The third-order valence-electron chi connectivity index (χ3n) is 3.64. The molecule has 93 valence electrons. The van der Waals surface area contributed by atoms with Crippen LogP contribution in [0.2, 0.25) is 11.1 Å². The summed E-state index contributed by atoms with van der Waals surface area (Å²) in [6.45, 7) is 7.04. The first-order chi connectivity index (χ1) is 7.58. The second kappa shape index (κ2) is 7.40. The Hall–Kier alpha value is 0.0649. The summed E-state index contributed by atoms with van der Waals surface area (Å²) in [5.74, 6) is 0.887. The van der Waals surface area contributed by atoms with E-state index in [9.17, 15) is 0 Å². The van der Waals surface area contributed by atoms with E-state index in [1.165, 1.54) is 64.2 Å². The van der Waals surface area contributed by atoms with Crippen molar-refractivity contribution in [2.75, 3.05) is 0 Å². The van der Waals surface area contributed by atoms with Gasteiger partial charge in [0.15, 0.2) is 0 Å². The zero-order valence-electron chi connectivity index (χ0n) is 11.7. The highest BCUT2D eigenvalue weighted by atomic mass is 14.1. The number of rotatable bonds is 1. The normalized spacial score (nSPS) is 22.4. The van der Waals surface area contributed by atoms with Gasteiger partial charge in [0.1, 0.15) is 7.28 Å². The van der Waals surface area contributed by atoms with Gasteiger partial charge in [0.25, 0.3) is 0 Å². The standard InChI is InChI=1S/C15H30B/c1-15(2,3)16-14-12-10-8-6-4-5-7-9-11-13-14/h14H,4-13H2,1-3H3. The molecule has 1 saturated carbocycles. The van der Waals surface area contributed by atoms with Gasteiger partial charge in [-0.25, -0.2) is 0 Å². The quantitative estimate of drug-likeness (QED) is 0.504. The summed E-state index contributed by atoms with van der Waals surface area (Å²) < 4.78 is 0. The highest BCUT2D eigenvalue weighted by molar-refractivity contribution is 6.41. The molecule has 1 aliphatic rings. The van der Waals surface area contributed by atoms with E-state index in [0.717, 1.165) is 5.82 Å². The van der Waals surface area contributed by atoms with E-state index in [-0.39, 0.29) is 0 Å². The fraction of sp³-hybridized carbons (Fsp3) is 1.00. The minimum atomic E-state index is 0.408. The number of hydrogen-bond donors (Lipinski definition) is 0. The Kier molecular flexibility index (Phi) is 6.54. The average molecular weight is 221 g/mol. The molecular weight excluding hydrogens is 191 g/mol. The number of hydrogen-bond acceptors (Lipinski definition) is 0. The van der Waals surface area contributed by atoms with E-state index in [2.05, 4.69) is 28.1 Å². The van der Waals surface area contributed by atoms with Crippen LogP contribution >= 0.6 is 0 Å². The molecule has 1 aliphatic carbocycles. The van der Waals surface area contributed by atoms with E-state index >= 15 is 0 Å². The van der Waals surface area contributed by atoms with Crippen LogP contribution in [0.15, 0.2) is 0 Å². The molecule has 0 nitrogen and oxygen atoms in total. The zero-order valence-corrected chi connectivity index (χ0v) is 11.7. The third kappa shape index (κ3) is 7.36. The van der Waals surface area contributed by atoms with E-state index < -0.39 is 0 Å². The van der Waals surface area contributed by atoms with E-state index in [0.29, 0.717) is 5.31 Å². The van der Waals surface area contributed by atoms with Crippen molar-refractivity contribution in [3.05, 3.63) is 0 Å². The SMILES string of the molecule is CC(C)(C)[B]C1CCCCCCCCCC1. The molecule has 0 aliphatic heterocycles. The highest BCUT2D eigenvalue weighted by Crippen LogP contribution is 2.33. The molecule has 0 aromatic heterocycles. The topological polar surface area (TPSA) is 0 Å². The van der Waals surface area contributed by atoms with Gasteiger partial charge < -0.3 is 0 Å². The molecule has 0 N–H and O–H groups in total. The Morgan fingerprint density at radius 3 is 1.44 bits per heavy atom. The predicted molar refractivity (Wildman–Crippen MR) is 75.4 cm³/mol. The smallest absolute Gasteiger partial charge is 0.0682 e. The van der Waals surface area contributed by atoms with Gasteiger partial charge in [-0.2, -0.15) is 0 Å². The molecule has 0 heterocycles. The minimum absolute atomic E-state index is 0.408. The largest absolute Gasteiger partial charge is 0.120 e. The molecule has 0 unspecified atom stereocenters. The first kappa shape index (κ1) is 14.1. The Morgan fingerprint density at radius 2 is 1.06 bits per heavy atom. The molecule has 0 saturated heterocycles. The Labute approximate surface area is 104 Å². The Bertz CT molecular complexity index is 157. The molecule has 0 aromatic rings. The van der Waals surface area contributed by atoms with Crippen LogP contribution in [-0.4, -0.2) is 7.28 Å². The van der Waals surface area contributed by atoms with Gasteiger partial charge in [0.05, 0.1) is 0 Å². The van der Waals surface area contributed by atoms with Crippen LogP contribution in [0.3, 0.4) is 0 Å². The van der Waals surface area contributed by atoms with Crippen molar-refractivity contribution in [2.24, 2.45) is 0 Å². The van der Waals surface area contributed by atoms with Crippen LogP contribution < -0.4 is 0 Å². The summed E-state index contributed by atoms with van der Waals surface area (Å²) in [6, 6.07) is 0. The Morgan fingerprint density at radius 1 is 0.688 bits per heavy atom. The molecule has 0 bridgehead atoms. The molecule has 0 aromatic carbocycles. The van der Waals surface area contributed by atoms with Crippen molar-refractivity contribution in [3.8, 4) is 0 Å². The monoisotopic (exact) mass is 221 g/mol. The zero-order chi connectivity index (χ0) is 11.9. The first-order valence-electron chi connectivity index (χ1n) is 7.44. The van der Waals surface area contributed by atoms with Gasteiger partial charge in [-0.15, -0.1) is 0 Å². The lowest BCUT2D eigenvalue weighted by Crippen LogP contribution is -2.15. The highest BCUT2D eigenvalue weighted by Gasteiger charge is 2.20. The maximum absolute atomic E-state index is 2.62. The van der Waals surface area contributed by atoms with Gasteiger partial charge in [0, 0.05) is 0 Å². The molecule has 16 heavy (non-hydrogen) atoms. The van der Waals surface area contributed by atoms with Gasteiger partial charge in [-0.05, 0) is 0 Å². The minimum Gasteiger partial charge on any atom is -0.0682 e. The summed E-state index contributed by atoms with van der Waals surface area (Å²) in [6.07, 6.45) is 14.6. The summed E-state index contributed by atoms with van der Waals surface area (Å²) in [5, 5.41) is 0.408. The van der Waals surface area contributed by atoms with Crippen LogP contribution in [0.4, 0.5) is 0 Å². The van der Waals surface area contributed by atoms with Crippen LogP contribution in [0.5, 0.6) is 0 Å². The first-order valence-corrected chi connectivity index (χ1v) is 7.44. The molecule has 1 radical (unpaired) electrons. The summed E-state index contributed by atoms with van der Waals surface area (Å²) in [7, 11) is 2.62. The van der Waals surface area contributed by atoms with E-state index in [1.807, 2.05) is 0 Å². The molecule has 0 spiro atoms. The predicted octanol–water partition coefficient (Wildman–Crippen LogP) is 5.61. The van der Waals surface area contributed by atoms with Crippen molar-refractivity contribution < 1.29 is 0 Å². The second-order valence-electron chi connectivity index (χ2n) is 6.70. The molecule has 0 amide bonds. The Balaban J connectivity index is 2.33. The average Bonchev–Trinajstić information content (AvgIpc) is 2.22. The molecule has 1 rings (SSSR count). The van der Waals surface area contributed by atoms with Crippen molar-refractivity contribution in [1.29, 1.82) is 0 Å². The van der Waals surface area contributed by atoms with Crippen molar-refractivity contribution >= 4 is 7.28 Å². The van der Waals surface area contributed by atoms with Crippen LogP contribution in [0.1, 0.15) is 85.0 Å².